The molecule has 0 amide bonds. The van der Waals surface area contributed by atoms with Crippen LogP contribution in [-0.4, -0.2) is 0 Å². The zero-order valence-electron chi connectivity index (χ0n) is 23.5. The van der Waals surface area contributed by atoms with Crippen LogP contribution >= 0.6 is 11.3 Å². The number of fused-ring (bicyclic) bond motifs is 5. The minimum atomic E-state index is -0.0231. The molecule has 8 rings (SSSR count). The van der Waals surface area contributed by atoms with Gasteiger partial charge >= 0.3 is 0 Å². The summed E-state index contributed by atoms with van der Waals surface area (Å²) >= 11 is 1.67. The minimum Gasteiger partial charge on any atom is -0.289 e. The van der Waals surface area contributed by atoms with Gasteiger partial charge in [-0.25, -0.2) is 0 Å². The van der Waals surface area contributed by atoms with E-state index in [1.54, 1.807) is 11.3 Å². The third-order valence-corrected chi connectivity index (χ3v) is 10.0. The molecule has 7 aromatic rings. The third-order valence-electron chi connectivity index (χ3n) is 8.88. The van der Waals surface area contributed by atoms with E-state index in [-0.39, 0.29) is 10.8 Å². The van der Waals surface area contributed by atoms with Gasteiger partial charge in [0.25, 0.3) is 0 Å². The molecule has 42 heavy (non-hydrogen) atoms. The Bertz CT molecular complexity index is 2250. The van der Waals surface area contributed by atoms with Crippen LogP contribution in [0.15, 0.2) is 138 Å². The highest BCUT2D eigenvalue weighted by Crippen LogP contribution is 2.49. The molecule has 0 fully saturated rings. The zero-order chi connectivity index (χ0) is 28.4. The monoisotopic (exact) mass is 556 g/mol. The SMILES string of the molecule is CC1(C)c2ccccc2-c2ccc(-c3cccc(-c4cccc(-c5ccc6sc7ccccc7c(=O)c6c5)c4)c3)cc21. The standard InChI is InChI=1S/C40H28OS/c1-40(2)35-15-5-3-13-31(35)32-19-17-30(24-36(32)40)28-12-8-10-26(22-28)25-9-7-11-27(21-25)29-18-20-38-34(23-29)39(41)33-14-4-6-16-37(33)42-38/h3-24H,1-2H3. The van der Waals surface area contributed by atoms with Gasteiger partial charge in [-0.2, -0.15) is 0 Å². The molecule has 0 unspecified atom stereocenters. The molecule has 0 spiro atoms. The van der Waals surface area contributed by atoms with E-state index in [2.05, 4.69) is 123 Å². The van der Waals surface area contributed by atoms with E-state index in [4.69, 9.17) is 0 Å². The fraction of sp³-hybridized carbons (Fsp3) is 0.0750. The summed E-state index contributed by atoms with van der Waals surface area (Å²) < 4.78 is 2.05. The van der Waals surface area contributed by atoms with Crippen molar-refractivity contribution in [3.05, 3.63) is 155 Å². The van der Waals surface area contributed by atoms with Gasteiger partial charge in [0.2, 0.25) is 0 Å². The summed E-state index contributed by atoms with van der Waals surface area (Å²) in [5.41, 5.74) is 12.5. The summed E-state index contributed by atoms with van der Waals surface area (Å²) in [6.07, 6.45) is 0. The van der Waals surface area contributed by atoms with Crippen molar-refractivity contribution in [2.24, 2.45) is 0 Å². The van der Waals surface area contributed by atoms with Crippen molar-refractivity contribution in [2.75, 3.05) is 0 Å². The highest BCUT2D eigenvalue weighted by Gasteiger charge is 2.35. The van der Waals surface area contributed by atoms with E-state index in [9.17, 15) is 4.79 Å². The van der Waals surface area contributed by atoms with Gasteiger partial charge < -0.3 is 0 Å². The fourth-order valence-corrected chi connectivity index (χ4v) is 7.68. The molecule has 0 saturated carbocycles. The second-order valence-electron chi connectivity index (χ2n) is 11.7. The van der Waals surface area contributed by atoms with Crippen molar-refractivity contribution >= 4 is 31.5 Å². The Morgan fingerprint density at radius 1 is 0.452 bits per heavy atom. The molecular weight excluding hydrogens is 529 g/mol. The van der Waals surface area contributed by atoms with Gasteiger partial charge in [0.15, 0.2) is 5.43 Å². The van der Waals surface area contributed by atoms with Crippen molar-refractivity contribution < 1.29 is 0 Å². The molecule has 1 aromatic heterocycles. The quantitative estimate of drug-likeness (QED) is 0.198. The molecular formula is C40H28OS. The molecule has 1 aliphatic carbocycles. The van der Waals surface area contributed by atoms with E-state index in [0.717, 1.165) is 36.9 Å². The zero-order valence-corrected chi connectivity index (χ0v) is 24.3. The Kier molecular flexibility index (Phi) is 5.57. The number of rotatable bonds is 3. The van der Waals surface area contributed by atoms with Crippen LogP contribution in [0.1, 0.15) is 25.0 Å². The molecule has 1 aliphatic rings. The molecule has 0 aliphatic heterocycles. The van der Waals surface area contributed by atoms with Crippen LogP contribution in [0, 0.1) is 0 Å². The lowest BCUT2D eigenvalue weighted by atomic mass is 9.81. The van der Waals surface area contributed by atoms with Crippen LogP contribution in [0.5, 0.6) is 0 Å². The first-order valence-electron chi connectivity index (χ1n) is 14.4. The summed E-state index contributed by atoms with van der Waals surface area (Å²) in [7, 11) is 0. The van der Waals surface area contributed by atoms with Gasteiger partial charge in [0.1, 0.15) is 0 Å². The molecule has 0 atom stereocenters. The van der Waals surface area contributed by atoms with E-state index in [0.29, 0.717) is 0 Å². The van der Waals surface area contributed by atoms with Crippen LogP contribution in [0.4, 0.5) is 0 Å². The first kappa shape index (κ1) is 25.0. The summed E-state index contributed by atoms with van der Waals surface area (Å²) in [5.74, 6) is 0. The highest BCUT2D eigenvalue weighted by molar-refractivity contribution is 7.24. The molecule has 2 heteroatoms. The van der Waals surface area contributed by atoms with Crippen molar-refractivity contribution in [1.82, 2.24) is 0 Å². The van der Waals surface area contributed by atoms with Crippen molar-refractivity contribution in [3.63, 3.8) is 0 Å². The molecule has 6 aromatic carbocycles. The van der Waals surface area contributed by atoms with Gasteiger partial charge in [0.05, 0.1) is 0 Å². The van der Waals surface area contributed by atoms with Gasteiger partial charge in [-0.3, -0.25) is 4.79 Å². The average molecular weight is 557 g/mol. The van der Waals surface area contributed by atoms with E-state index >= 15 is 0 Å². The molecule has 1 nitrogen and oxygen atoms in total. The van der Waals surface area contributed by atoms with E-state index < -0.39 is 0 Å². The smallest absolute Gasteiger partial charge is 0.195 e. The fourth-order valence-electron chi connectivity index (χ4n) is 6.62. The second kappa shape index (κ2) is 9.37. The molecule has 0 saturated heterocycles. The molecule has 0 bridgehead atoms. The predicted octanol–water partition coefficient (Wildman–Crippen LogP) is 10.7. The maximum Gasteiger partial charge on any atom is 0.195 e. The maximum atomic E-state index is 13.3. The highest BCUT2D eigenvalue weighted by atomic mass is 32.1. The molecule has 0 N–H and O–H groups in total. The van der Waals surface area contributed by atoms with Crippen LogP contribution < -0.4 is 5.43 Å². The summed E-state index contributed by atoms with van der Waals surface area (Å²) in [6, 6.07) is 47.3. The Morgan fingerprint density at radius 2 is 1.00 bits per heavy atom. The molecule has 0 radical (unpaired) electrons. The summed E-state index contributed by atoms with van der Waals surface area (Å²) in [6.45, 7) is 4.66. The Morgan fingerprint density at radius 3 is 1.74 bits per heavy atom. The second-order valence-corrected chi connectivity index (χ2v) is 12.8. The minimum absolute atomic E-state index is 0.0231. The topological polar surface area (TPSA) is 17.1 Å². The molecule has 200 valence electrons. The van der Waals surface area contributed by atoms with Crippen LogP contribution in [0.3, 0.4) is 0 Å². The van der Waals surface area contributed by atoms with Crippen LogP contribution in [0.25, 0.3) is 64.7 Å². The lowest BCUT2D eigenvalue weighted by molar-refractivity contribution is 0.660. The number of hydrogen-bond acceptors (Lipinski definition) is 2. The average Bonchev–Trinajstić information content (AvgIpc) is 3.27. The lowest BCUT2D eigenvalue weighted by Crippen LogP contribution is -2.14. The Hall–Kier alpha value is -4.79. The number of benzene rings is 6. The van der Waals surface area contributed by atoms with Crippen molar-refractivity contribution in [1.29, 1.82) is 0 Å². The third kappa shape index (κ3) is 3.87. The summed E-state index contributed by atoms with van der Waals surface area (Å²) in [4.78, 5) is 13.3. The first-order valence-corrected chi connectivity index (χ1v) is 15.2. The molecule has 1 heterocycles. The Balaban J connectivity index is 1.17. The normalized spacial score (nSPS) is 13.3. The largest absolute Gasteiger partial charge is 0.289 e. The van der Waals surface area contributed by atoms with E-state index in [1.165, 1.54) is 38.9 Å². The summed E-state index contributed by atoms with van der Waals surface area (Å²) in [5, 5.41) is 1.57. The van der Waals surface area contributed by atoms with Gasteiger partial charge in [0, 0.05) is 25.6 Å². The van der Waals surface area contributed by atoms with Gasteiger partial charge in [-0.05, 0) is 98.1 Å². The predicted molar refractivity (Wildman–Crippen MR) is 179 cm³/mol. The van der Waals surface area contributed by atoms with E-state index in [1.807, 2.05) is 24.3 Å². The maximum absolute atomic E-state index is 13.3. The van der Waals surface area contributed by atoms with Crippen LogP contribution in [-0.2, 0) is 5.41 Å². The van der Waals surface area contributed by atoms with Crippen molar-refractivity contribution in [2.45, 2.75) is 19.3 Å². The van der Waals surface area contributed by atoms with Gasteiger partial charge in [-0.1, -0.05) is 105 Å². The van der Waals surface area contributed by atoms with Crippen LogP contribution in [0.2, 0.25) is 0 Å². The first-order chi connectivity index (χ1) is 20.5. The van der Waals surface area contributed by atoms with Gasteiger partial charge in [-0.15, -0.1) is 11.3 Å². The lowest BCUT2D eigenvalue weighted by Gasteiger charge is -2.22. The Labute approximate surface area is 249 Å². The van der Waals surface area contributed by atoms with Crippen molar-refractivity contribution in [3.8, 4) is 44.5 Å². The number of hydrogen-bond donors (Lipinski definition) is 0.